The molecule has 0 spiro atoms. The van der Waals surface area contributed by atoms with Gasteiger partial charge in [0.15, 0.2) is 9.84 Å². The number of ether oxygens (including phenoxy) is 1. The first kappa shape index (κ1) is 15.3. The first-order valence-corrected chi connectivity index (χ1v) is 9.25. The second-order valence-corrected chi connectivity index (χ2v) is 8.28. The van der Waals surface area contributed by atoms with Crippen molar-refractivity contribution in [2.45, 2.75) is 67.9 Å². The zero-order valence-corrected chi connectivity index (χ0v) is 12.8. The average molecular weight is 289 g/mol. The van der Waals surface area contributed by atoms with Crippen LogP contribution in [0.1, 0.15) is 51.4 Å². The molecule has 2 rings (SSSR count). The first-order chi connectivity index (χ1) is 9.16. The highest BCUT2D eigenvalue weighted by Gasteiger charge is 2.38. The molecular weight excluding hydrogens is 262 g/mol. The van der Waals surface area contributed by atoms with Crippen molar-refractivity contribution in [3.63, 3.8) is 0 Å². The van der Waals surface area contributed by atoms with Crippen LogP contribution in [0, 0.1) is 0 Å². The van der Waals surface area contributed by atoms with Gasteiger partial charge in [0.2, 0.25) is 0 Å². The summed E-state index contributed by atoms with van der Waals surface area (Å²) < 4.78 is 31.1. The Morgan fingerprint density at radius 2 is 1.58 bits per heavy atom. The lowest BCUT2D eigenvalue weighted by molar-refractivity contribution is 0.0980. The predicted octanol–water partition coefficient (Wildman–Crippen LogP) is 1.89. The molecule has 0 aromatic carbocycles. The summed E-state index contributed by atoms with van der Waals surface area (Å²) in [6.45, 7) is 1.20. The molecule has 0 radical (unpaired) electrons. The van der Waals surface area contributed by atoms with Gasteiger partial charge in [0, 0.05) is 19.3 Å². The van der Waals surface area contributed by atoms with E-state index in [1.54, 1.807) is 0 Å². The molecule has 2 atom stereocenters. The Morgan fingerprint density at radius 3 is 2.21 bits per heavy atom. The Hall–Kier alpha value is -0.130. The molecule has 4 nitrogen and oxygen atoms in total. The van der Waals surface area contributed by atoms with Gasteiger partial charge < -0.3 is 10.1 Å². The minimum Gasteiger partial charge on any atom is -0.381 e. The van der Waals surface area contributed by atoms with Crippen LogP contribution < -0.4 is 5.32 Å². The molecule has 0 bridgehead atoms. The highest BCUT2D eigenvalue weighted by Crippen LogP contribution is 2.28. The van der Waals surface area contributed by atoms with E-state index in [-0.39, 0.29) is 16.5 Å². The normalized spacial score (nSPS) is 31.6. The zero-order chi connectivity index (χ0) is 13.7. The van der Waals surface area contributed by atoms with Crippen molar-refractivity contribution in [3.05, 3.63) is 0 Å². The molecule has 19 heavy (non-hydrogen) atoms. The van der Waals surface area contributed by atoms with Gasteiger partial charge in [-0.1, -0.05) is 25.7 Å². The number of hydrogen-bond donors (Lipinski definition) is 1. The van der Waals surface area contributed by atoms with E-state index >= 15 is 0 Å². The number of sulfone groups is 1. The third kappa shape index (κ3) is 3.70. The second kappa shape index (κ2) is 7.04. The largest absolute Gasteiger partial charge is 0.381 e. The Morgan fingerprint density at radius 1 is 0.947 bits per heavy atom. The molecule has 1 saturated carbocycles. The van der Waals surface area contributed by atoms with Crippen LogP contribution in [-0.2, 0) is 14.6 Å². The average Bonchev–Trinajstić information content (AvgIpc) is 2.39. The SMILES string of the molecule is CNC1CCCCCCC1S(=O)(=O)C1CCOCC1. The summed E-state index contributed by atoms with van der Waals surface area (Å²) in [4.78, 5) is 0. The van der Waals surface area contributed by atoms with Crippen LogP contribution in [0.5, 0.6) is 0 Å². The van der Waals surface area contributed by atoms with Gasteiger partial charge in [-0.05, 0) is 32.7 Å². The van der Waals surface area contributed by atoms with Gasteiger partial charge in [-0.2, -0.15) is 0 Å². The molecule has 1 saturated heterocycles. The monoisotopic (exact) mass is 289 g/mol. The van der Waals surface area contributed by atoms with E-state index in [0.717, 1.165) is 25.7 Å². The molecule has 5 heteroatoms. The Bertz CT molecular complexity index is 363. The summed E-state index contributed by atoms with van der Waals surface area (Å²) in [5.41, 5.74) is 0. The standard InChI is InChI=1S/C14H27NO3S/c1-15-13-6-4-2-3-5-7-14(13)19(16,17)12-8-10-18-11-9-12/h12-15H,2-11H2,1H3. The third-order valence-electron chi connectivity index (χ3n) is 4.63. The van der Waals surface area contributed by atoms with Crippen molar-refractivity contribution >= 4 is 9.84 Å². The summed E-state index contributed by atoms with van der Waals surface area (Å²) in [6, 6.07) is 0.133. The zero-order valence-electron chi connectivity index (χ0n) is 11.9. The highest BCUT2D eigenvalue weighted by atomic mass is 32.2. The molecule has 1 aliphatic carbocycles. The number of rotatable bonds is 3. The summed E-state index contributed by atoms with van der Waals surface area (Å²) in [7, 11) is -1.13. The number of nitrogens with one attached hydrogen (secondary N) is 1. The second-order valence-electron chi connectivity index (χ2n) is 5.83. The van der Waals surface area contributed by atoms with E-state index in [1.807, 2.05) is 7.05 Å². The summed E-state index contributed by atoms with van der Waals surface area (Å²) in [5, 5.41) is 2.88. The van der Waals surface area contributed by atoms with Crippen LogP contribution in [0.2, 0.25) is 0 Å². The maximum absolute atomic E-state index is 12.9. The topological polar surface area (TPSA) is 55.4 Å². The molecule has 0 aromatic heterocycles. The molecule has 2 fully saturated rings. The van der Waals surface area contributed by atoms with Crippen molar-refractivity contribution in [2.75, 3.05) is 20.3 Å². The van der Waals surface area contributed by atoms with Crippen LogP contribution in [0.4, 0.5) is 0 Å². The molecule has 0 amide bonds. The van der Waals surface area contributed by atoms with Crippen LogP contribution in [0.25, 0.3) is 0 Å². The summed E-state index contributed by atoms with van der Waals surface area (Å²) in [5.74, 6) is 0. The maximum Gasteiger partial charge on any atom is 0.157 e. The molecule has 2 unspecified atom stereocenters. The van der Waals surface area contributed by atoms with E-state index in [9.17, 15) is 8.42 Å². The highest BCUT2D eigenvalue weighted by molar-refractivity contribution is 7.92. The van der Waals surface area contributed by atoms with Crippen LogP contribution >= 0.6 is 0 Å². The molecule has 1 N–H and O–H groups in total. The third-order valence-corrected chi connectivity index (χ3v) is 7.44. The van der Waals surface area contributed by atoms with Gasteiger partial charge in [-0.15, -0.1) is 0 Å². The van der Waals surface area contributed by atoms with Gasteiger partial charge >= 0.3 is 0 Å². The molecule has 1 heterocycles. The predicted molar refractivity (Wildman–Crippen MR) is 77.1 cm³/mol. The van der Waals surface area contributed by atoms with Crippen molar-refractivity contribution in [1.29, 1.82) is 0 Å². The van der Waals surface area contributed by atoms with Crippen LogP contribution in [0.15, 0.2) is 0 Å². The minimum absolute atomic E-state index is 0.133. The summed E-state index contributed by atoms with van der Waals surface area (Å²) in [6.07, 6.45) is 7.77. The smallest absolute Gasteiger partial charge is 0.157 e. The van der Waals surface area contributed by atoms with Crippen LogP contribution in [0.3, 0.4) is 0 Å². The Balaban J connectivity index is 2.13. The lowest BCUT2D eigenvalue weighted by Gasteiger charge is -2.33. The van der Waals surface area contributed by atoms with E-state index in [2.05, 4.69) is 5.32 Å². The van der Waals surface area contributed by atoms with E-state index in [4.69, 9.17) is 4.74 Å². The Labute approximate surface area is 117 Å². The van der Waals surface area contributed by atoms with Crippen molar-refractivity contribution in [2.24, 2.45) is 0 Å². The van der Waals surface area contributed by atoms with Gasteiger partial charge in [-0.25, -0.2) is 8.42 Å². The lowest BCUT2D eigenvalue weighted by atomic mass is 9.96. The molecule has 0 aromatic rings. The lowest BCUT2D eigenvalue weighted by Crippen LogP contribution is -2.47. The van der Waals surface area contributed by atoms with Crippen LogP contribution in [-0.4, -0.2) is 45.2 Å². The fourth-order valence-electron chi connectivity index (χ4n) is 3.43. The van der Waals surface area contributed by atoms with Crippen molar-refractivity contribution in [1.82, 2.24) is 5.32 Å². The maximum atomic E-state index is 12.9. The van der Waals surface area contributed by atoms with E-state index < -0.39 is 9.84 Å². The van der Waals surface area contributed by atoms with E-state index in [0.29, 0.717) is 26.1 Å². The fourth-order valence-corrected chi connectivity index (χ4v) is 5.99. The molecule has 2 aliphatic rings. The quantitative estimate of drug-likeness (QED) is 0.862. The van der Waals surface area contributed by atoms with Gasteiger partial charge in [0.05, 0.1) is 10.5 Å². The van der Waals surface area contributed by atoms with Gasteiger partial charge in [0.25, 0.3) is 0 Å². The molecule has 1 aliphatic heterocycles. The van der Waals surface area contributed by atoms with Crippen molar-refractivity contribution in [3.8, 4) is 0 Å². The minimum atomic E-state index is -3.03. The first-order valence-electron chi connectivity index (χ1n) is 7.64. The summed E-state index contributed by atoms with van der Waals surface area (Å²) >= 11 is 0. The number of hydrogen-bond acceptors (Lipinski definition) is 4. The van der Waals surface area contributed by atoms with E-state index in [1.165, 1.54) is 12.8 Å². The Kier molecular flexibility index (Phi) is 5.66. The fraction of sp³-hybridized carbons (Fsp3) is 1.00. The van der Waals surface area contributed by atoms with Gasteiger partial charge in [-0.3, -0.25) is 0 Å². The molecular formula is C14H27NO3S. The van der Waals surface area contributed by atoms with Crippen molar-refractivity contribution < 1.29 is 13.2 Å². The molecule has 112 valence electrons. The van der Waals surface area contributed by atoms with Gasteiger partial charge in [0.1, 0.15) is 0 Å².